The van der Waals surface area contributed by atoms with E-state index in [1.54, 1.807) is 36.4 Å². The summed E-state index contributed by atoms with van der Waals surface area (Å²) in [5.41, 5.74) is 1.01. The number of thiazole rings is 1. The molecular formula is C23H19FN3NaOS2. The molecule has 0 N–H and O–H groups in total. The van der Waals surface area contributed by atoms with Gasteiger partial charge in [0.15, 0.2) is 6.19 Å². The van der Waals surface area contributed by atoms with Crippen LogP contribution in [0.1, 0.15) is 17.8 Å². The largest absolute Gasteiger partial charge is 1.00 e. The SMILES string of the molecule is N#CN1CC2CCC2C1.O=[C-]c1ncc(-c2ccccc2Sc2ccc(F)cc2)s1.[Na+]. The Morgan fingerprint density at radius 1 is 1.13 bits per heavy atom. The number of carbonyl (C=O) groups excluding carboxylic acids is 1. The van der Waals surface area contributed by atoms with Gasteiger partial charge in [-0.1, -0.05) is 30.0 Å². The van der Waals surface area contributed by atoms with E-state index in [9.17, 15) is 9.18 Å². The quantitative estimate of drug-likeness (QED) is 0.341. The third kappa shape index (κ3) is 5.97. The van der Waals surface area contributed by atoms with E-state index in [-0.39, 0.29) is 35.4 Å². The van der Waals surface area contributed by atoms with Gasteiger partial charge in [-0.15, -0.1) is 0 Å². The number of hydrogen-bond acceptors (Lipinski definition) is 6. The van der Waals surface area contributed by atoms with Crippen molar-refractivity contribution in [2.24, 2.45) is 11.8 Å². The van der Waals surface area contributed by atoms with Crippen LogP contribution in [0.2, 0.25) is 0 Å². The van der Waals surface area contributed by atoms with E-state index < -0.39 is 0 Å². The van der Waals surface area contributed by atoms with Gasteiger partial charge in [-0.3, -0.25) is 4.98 Å². The number of nitriles is 1. The van der Waals surface area contributed by atoms with Crippen LogP contribution in [0.25, 0.3) is 10.4 Å². The molecule has 5 rings (SSSR count). The molecular weight excluding hydrogens is 440 g/mol. The maximum absolute atomic E-state index is 13.0. The van der Waals surface area contributed by atoms with Crippen LogP contribution in [0.5, 0.6) is 0 Å². The van der Waals surface area contributed by atoms with E-state index in [2.05, 4.69) is 11.2 Å². The molecule has 0 radical (unpaired) electrons. The fraction of sp³-hybridized carbons (Fsp3) is 0.261. The van der Waals surface area contributed by atoms with Crippen molar-refractivity contribution >= 4 is 29.4 Å². The minimum Gasteiger partial charge on any atom is -0.535 e. The van der Waals surface area contributed by atoms with E-state index in [1.807, 2.05) is 29.2 Å². The van der Waals surface area contributed by atoms with Crippen LogP contribution in [0.15, 0.2) is 64.5 Å². The maximum Gasteiger partial charge on any atom is 1.00 e. The molecule has 1 saturated carbocycles. The first-order chi connectivity index (χ1) is 14.7. The van der Waals surface area contributed by atoms with Crippen LogP contribution in [-0.2, 0) is 4.79 Å². The number of hydrogen-bond donors (Lipinski definition) is 0. The molecule has 0 bridgehead atoms. The number of aromatic nitrogens is 1. The molecule has 2 aromatic carbocycles. The molecule has 152 valence electrons. The summed E-state index contributed by atoms with van der Waals surface area (Å²) >= 11 is 2.85. The molecule has 0 spiro atoms. The Morgan fingerprint density at radius 2 is 1.81 bits per heavy atom. The van der Waals surface area contributed by atoms with Crippen LogP contribution in [0.4, 0.5) is 4.39 Å². The number of fused-ring (bicyclic) bond motifs is 1. The monoisotopic (exact) mass is 459 g/mol. The second-order valence-electron chi connectivity index (χ2n) is 7.29. The van der Waals surface area contributed by atoms with Gasteiger partial charge in [0.05, 0.1) is 4.88 Å². The van der Waals surface area contributed by atoms with E-state index in [0.29, 0.717) is 5.01 Å². The predicted octanol–water partition coefficient (Wildman–Crippen LogP) is 2.37. The summed E-state index contributed by atoms with van der Waals surface area (Å²) in [5, 5.41) is 8.84. The van der Waals surface area contributed by atoms with Crippen molar-refractivity contribution in [2.75, 3.05) is 13.1 Å². The van der Waals surface area contributed by atoms with Gasteiger partial charge in [0.1, 0.15) is 5.82 Å². The van der Waals surface area contributed by atoms with Crippen molar-refractivity contribution in [1.29, 1.82) is 5.26 Å². The smallest absolute Gasteiger partial charge is 0.535 e. The summed E-state index contributed by atoms with van der Waals surface area (Å²) < 4.78 is 13.0. The van der Waals surface area contributed by atoms with Gasteiger partial charge >= 0.3 is 29.6 Å². The van der Waals surface area contributed by atoms with E-state index in [1.165, 1.54) is 36.3 Å². The molecule has 2 atom stereocenters. The summed E-state index contributed by atoms with van der Waals surface area (Å²) in [4.78, 5) is 19.4. The van der Waals surface area contributed by atoms with Crippen LogP contribution < -0.4 is 29.6 Å². The number of rotatable bonds is 4. The molecule has 8 heteroatoms. The molecule has 2 aliphatic rings. The van der Waals surface area contributed by atoms with E-state index in [4.69, 9.17) is 5.26 Å². The first kappa shape index (κ1) is 24.0. The van der Waals surface area contributed by atoms with Crippen LogP contribution in [0.3, 0.4) is 0 Å². The fourth-order valence-electron chi connectivity index (χ4n) is 3.68. The normalized spacial score (nSPS) is 18.5. The summed E-state index contributed by atoms with van der Waals surface area (Å²) in [5.74, 6) is 1.51. The zero-order chi connectivity index (χ0) is 20.9. The van der Waals surface area contributed by atoms with Crippen molar-refractivity contribution in [3.05, 3.63) is 65.6 Å². The molecule has 2 heterocycles. The first-order valence-corrected chi connectivity index (χ1v) is 11.3. The van der Waals surface area contributed by atoms with Crippen molar-refractivity contribution in [3.8, 4) is 16.6 Å². The molecule has 2 fully saturated rings. The molecule has 1 saturated heterocycles. The van der Waals surface area contributed by atoms with E-state index >= 15 is 0 Å². The molecule has 0 amide bonds. The minimum atomic E-state index is -0.249. The minimum absolute atomic E-state index is 0. The zero-order valence-corrected chi connectivity index (χ0v) is 20.8. The Kier molecular flexibility index (Phi) is 8.70. The number of nitrogens with zero attached hydrogens (tertiary/aromatic N) is 3. The second kappa shape index (κ2) is 11.3. The van der Waals surface area contributed by atoms with E-state index in [0.717, 1.165) is 45.2 Å². The van der Waals surface area contributed by atoms with Crippen molar-refractivity contribution in [2.45, 2.75) is 22.6 Å². The second-order valence-corrected chi connectivity index (χ2v) is 9.43. The summed E-state index contributed by atoms with van der Waals surface area (Å²) in [6, 6.07) is 14.2. The van der Waals surface area contributed by atoms with Crippen LogP contribution >= 0.6 is 23.1 Å². The van der Waals surface area contributed by atoms with Gasteiger partial charge in [-0.2, -0.15) is 16.6 Å². The van der Waals surface area contributed by atoms with Gasteiger partial charge in [-0.25, -0.2) is 10.7 Å². The molecule has 1 aliphatic carbocycles. The van der Waals surface area contributed by atoms with Crippen LogP contribution in [-0.4, -0.2) is 29.3 Å². The van der Waals surface area contributed by atoms with Gasteiger partial charge in [-0.05, 0) is 60.0 Å². The van der Waals surface area contributed by atoms with Gasteiger partial charge in [0, 0.05) is 34.6 Å². The first-order valence-electron chi connectivity index (χ1n) is 9.67. The summed E-state index contributed by atoms with van der Waals surface area (Å²) in [6.07, 6.45) is 8.40. The van der Waals surface area contributed by atoms with Crippen molar-refractivity contribution < 1.29 is 38.7 Å². The molecule has 2 unspecified atom stereocenters. The summed E-state index contributed by atoms with van der Waals surface area (Å²) in [6.45, 7) is 2.09. The summed E-state index contributed by atoms with van der Waals surface area (Å²) in [7, 11) is 0. The predicted molar refractivity (Wildman–Crippen MR) is 116 cm³/mol. The van der Waals surface area contributed by atoms with Crippen molar-refractivity contribution in [3.63, 3.8) is 0 Å². The van der Waals surface area contributed by atoms with Crippen LogP contribution in [0, 0.1) is 29.1 Å². The Balaban J connectivity index is 0.000000227. The molecule has 3 aromatic rings. The maximum atomic E-state index is 13.0. The molecule has 1 aromatic heterocycles. The average molecular weight is 460 g/mol. The standard InChI is InChI=1S/C16H9FNOS2.C7H10N2.Na/c17-11-5-7-12(8-6-11)20-14-4-2-1-3-13(14)15-9-18-16(10-19)21-15;8-5-9-3-6-1-2-7(6)4-9;/h1-9H;6-7H,1-4H2;/q-1;;+1. The number of halogens is 1. The third-order valence-electron chi connectivity index (χ3n) is 5.41. The molecule has 4 nitrogen and oxygen atoms in total. The molecule has 31 heavy (non-hydrogen) atoms. The Hall–Kier alpha value is -1.69. The Bertz CT molecular complexity index is 1060. The van der Waals surface area contributed by atoms with Gasteiger partial charge in [0.25, 0.3) is 0 Å². The fourth-order valence-corrected chi connectivity index (χ4v) is 5.45. The van der Waals surface area contributed by atoms with Crippen molar-refractivity contribution in [1.82, 2.24) is 9.88 Å². The average Bonchev–Trinajstić information content (AvgIpc) is 3.35. The van der Waals surface area contributed by atoms with Gasteiger partial charge in [0.2, 0.25) is 0 Å². The number of benzene rings is 2. The zero-order valence-electron chi connectivity index (χ0n) is 17.1. The topological polar surface area (TPSA) is 57.0 Å². The number of likely N-dealkylation sites (tertiary alicyclic amines) is 1. The third-order valence-corrected chi connectivity index (χ3v) is 7.42. The Labute approximate surface area is 211 Å². The Morgan fingerprint density at radius 3 is 2.39 bits per heavy atom. The molecule has 1 aliphatic heterocycles. The van der Waals surface area contributed by atoms with Gasteiger partial charge < -0.3 is 9.69 Å².